The summed E-state index contributed by atoms with van der Waals surface area (Å²) in [4.78, 5) is 16.4. The fourth-order valence-corrected chi connectivity index (χ4v) is 4.40. The maximum Gasteiger partial charge on any atom is 0.221 e. The van der Waals surface area contributed by atoms with Gasteiger partial charge < -0.3 is 15.0 Å². The molecule has 1 amide bonds. The van der Waals surface area contributed by atoms with Gasteiger partial charge >= 0.3 is 0 Å². The summed E-state index contributed by atoms with van der Waals surface area (Å²) in [6, 6.07) is 33.3. The molecule has 5 heteroatoms. The Labute approximate surface area is 209 Å². The van der Waals surface area contributed by atoms with Crippen LogP contribution in [0.25, 0.3) is 10.9 Å². The number of amides is 1. The van der Waals surface area contributed by atoms with Crippen LogP contribution in [0.4, 0.5) is 0 Å². The zero-order chi connectivity index (χ0) is 24.0. The highest BCUT2D eigenvalue weighted by atomic mass is 35.5. The van der Waals surface area contributed by atoms with Crippen molar-refractivity contribution in [2.75, 3.05) is 0 Å². The molecule has 174 valence electrons. The molecule has 0 radical (unpaired) electrons. The third kappa shape index (κ3) is 5.56. The average Bonchev–Trinajstić information content (AvgIpc) is 3.32. The second-order valence-electron chi connectivity index (χ2n) is 8.44. The highest BCUT2D eigenvalue weighted by Crippen LogP contribution is 2.35. The van der Waals surface area contributed by atoms with Crippen LogP contribution < -0.4 is 10.1 Å². The Kier molecular flexibility index (Phi) is 6.82. The second-order valence-corrected chi connectivity index (χ2v) is 8.87. The number of benzene rings is 4. The van der Waals surface area contributed by atoms with Crippen LogP contribution in [0.5, 0.6) is 11.5 Å². The number of H-pyrrole nitrogens is 1. The highest BCUT2D eigenvalue weighted by molar-refractivity contribution is 6.30. The summed E-state index contributed by atoms with van der Waals surface area (Å²) in [5.74, 6) is 1.26. The Morgan fingerprint density at radius 3 is 2.46 bits per heavy atom. The minimum atomic E-state index is -0.143. The van der Waals surface area contributed by atoms with Crippen molar-refractivity contribution in [1.29, 1.82) is 0 Å². The predicted octanol–water partition coefficient (Wildman–Crippen LogP) is 7.45. The number of ether oxygens (including phenoxy) is 1. The van der Waals surface area contributed by atoms with Crippen LogP contribution in [0.2, 0.25) is 5.02 Å². The lowest BCUT2D eigenvalue weighted by molar-refractivity contribution is -0.121. The van der Waals surface area contributed by atoms with Crippen LogP contribution in [0.1, 0.15) is 29.0 Å². The monoisotopic (exact) mass is 480 g/mol. The van der Waals surface area contributed by atoms with Gasteiger partial charge in [0.05, 0.1) is 0 Å². The maximum atomic E-state index is 13.1. The van der Waals surface area contributed by atoms with Gasteiger partial charge in [-0.25, -0.2) is 0 Å². The van der Waals surface area contributed by atoms with Crippen molar-refractivity contribution < 1.29 is 9.53 Å². The van der Waals surface area contributed by atoms with Gasteiger partial charge in [-0.15, -0.1) is 0 Å². The molecule has 0 saturated heterocycles. The number of aromatic nitrogens is 1. The molecule has 4 aromatic carbocycles. The van der Waals surface area contributed by atoms with Crippen molar-refractivity contribution in [3.05, 3.63) is 131 Å². The summed E-state index contributed by atoms with van der Waals surface area (Å²) in [7, 11) is 0. The summed E-state index contributed by atoms with van der Waals surface area (Å²) < 4.78 is 6.07. The van der Waals surface area contributed by atoms with E-state index in [1.54, 1.807) is 12.1 Å². The zero-order valence-electron chi connectivity index (χ0n) is 19.1. The van der Waals surface area contributed by atoms with Crippen LogP contribution >= 0.6 is 11.6 Å². The number of nitrogens with one attached hydrogen (secondary N) is 2. The van der Waals surface area contributed by atoms with Gasteiger partial charge in [-0.1, -0.05) is 72.3 Å². The number of fused-ring (bicyclic) bond motifs is 1. The normalized spacial score (nSPS) is 11.8. The lowest BCUT2D eigenvalue weighted by Crippen LogP contribution is -2.25. The Balaban J connectivity index is 1.43. The Morgan fingerprint density at radius 2 is 1.63 bits per heavy atom. The van der Waals surface area contributed by atoms with E-state index in [2.05, 4.69) is 16.4 Å². The molecule has 4 nitrogen and oxygen atoms in total. The van der Waals surface area contributed by atoms with Crippen LogP contribution in [-0.4, -0.2) is 10.9 Å². The van der Waals surface area contributed by atoms with Crippen molar-refractivity contribution in [2.45, 2.75) is 18.9 Å². The average molecular weight is 481 g/mol. The van der Waals surface area contributed by atoms with E-state index >= 15 is 0 Å². The van der Waals surface area contributed by atoms with Gasteiger partial charge in [0.1, 0.15) is 11.5 Å². The maximum absolute atomic E-state index is 13.1. The fourth-order valence-electron chi connectivity index (χ4n) is 4.28. The number of carbonyl (C=O) groups excluding carboxylic acids is 1. The lowest BCUT2D eigenvalue weighted by atomic mass is 9.88. The van der Waals surface area contributed by atoms with E-state index in [0.717, 1.165) is 27.6 Å². The fraction of sp³-hybridized carbons (Fsp3) is 0.100. The second kappa shape index (κ2) is 10.5. The summed E-state index contributed by atoms with van der Waals surface area (Å²) in [5.41, 5.74) is 4.21. The summed E-state index contributed by atoms with van der Waals surface area (Å²) in [5, 5.41) is 4.84. The van der Waals surface area contributed by atoms with Crippen molar-refractivity contribution in [2.24, 2.45) is 0 Å². The predicted molar refractivity (Wildman–Crippen MR) is 141 cm³/mol. The number of carbonyl (C=O) groups is 1. The molecule has 0 saturated carbocycles. The number of hydrogen-bond acceptors (Lipinski definition) is 2. The molecule has 0 aliphatic heterocycles. The molecule has 0 aliphatic carbocycles. The largest absolute Gasteiger partial charge is 0.457 e. The van der Waals surface area contributed by atoms with Gasteiger partial charge in [0, 0.05) is 41.0 Å². The first kappa shape index (κ1) is 22.8. The molecule has 5 rings (SSSR count). The molecule has 1 aromatic heterocycles. The van der Waals surface area contributed by atoms with Crippen LogP contribution in [0.3, 0.4) is 0 Å². The third-order valence-corrected chi connectivity index (χ3v) is 6.28. The van der Waals surface area contributed by atoms with Crippen LogP contribution in [0, 0.1) is 0 Å². The number of para-hydroxylation sites is 1. The van der Waals surface area contributed by atoms with Gasteiger partial charge in [-0.05, 0) is 59.2 Å². The number of aromatic amines is 1. The minimum absolute atomic E-state index is 0.00634. The van der Waals surface area contributed by atoms with E-state index in [9.17, 15) is 4.79 Å². The first-order valence-electron chi connectivity index (χ1n) is 11.6. The summed E-state index contributed by atoms with van der Waals surface area (Å²) in [6.45, 7) is 0.500. The quantitative estimate of drug-likeness (QED) is 0.242. The number of rotatable bonds is 8. The van der Waals surface area contributed by atoms with Crippen LogP contribution in [-0.2, 0) is 11.3 Å². The number of hydrogen-bond donors (Lipinski definition) is 2. The van der Waals surface area contributed by atoms with E-state index in [1.165, 1.54) is 0 Å². The molecule has 0 unspecified atom stereocenters. The van der Waals surface area contributed by atoms with Crippen molar-refractivity contribution in [1.82, 2.24) is 10.3 Å². The van der Waals surface area contributed by atoms with Gasteiger partial charge in [0.2, 0.25) is 5.91 Å². The van der Waals surface area contributed by atoms with E-state index in [0.29, 0.717) is 29.5 Å². The Bertz CT molecular complexity index is 1430. The molecule has 0 fully saturated rings. The zero-order valence-corrected chi connectivity index (χ0v) is 19.8. The van der Waals surface area contributed by atoms with Crippen LogP contribution in [0.15, 0.2) is 109 Å². The minimum Gasteiger partial charge on any atom is -0.457 e. The molecule has 35 heavy (non-hydrogen) atoms. The first-order valence-corrected chi connectivity index (χ1v) is 11.9. The lowest BCUT2D eigenvalue weighted by Gasteiger charge is -2.18. The number of halogens is 1. The summed E-state index contributed by atoms with van der Waals surface area (Å²) in [6.07, 6.45) is 2.33. The molecule has 2 N–H and O–H groups in total. The van der Waals surface area contributed by atoms with Gasteiger partial charge in [0.25, 0.3) is 0 Å². The van der Waals surface area contributed by atoms with Gasteiger partial charge in [-0.3, -0.25) is 4.79 Å². The topological polar surface area (TPSA) is 54.1 Å². The Hall–Kier alpha value is -4.02. The molecule has 5 aromatic rings. The molecular formula is C30H25ClN2O2. The summed E-state index contributed by atoms with van der Waals surface area (Å²) >= 11 is 6.00. The molecule has 0 aliphatic rings. The van der Waals surface area contributed by atoms with E-state index in [4.69, 9.17) is 16.3 Å². The standard InChI is InChI=1S/C30H25ClN2O2/c31-23-13-15-24(16-14-23)35-25-10-6-9-22(17-25)27(28-20-32-29-12-5-4-11-26(28)29)18-30(34)33-19-21-7-2-1-3-8-21/h1-17,20,27,32H,18-19H2,(H,33,34)/t27-/m1/s1. The molecule has 0 bridgehead atoms. The van der Waals surface area contributed by atoms with E-state index < -0.39 is 0 Å². The smallest absolute Gasteiger partial charge is 0.221 e. The Morgan fingerprint density at radius 1 is 0.857 bits per heavy atom. The van der Waals surface area contributed by atoms with Crippen molar-refractivity contribution >= 4 is 28.4 Å². The first-order chi connectivity index (χ1) is 17.2. The van der Waals surface area contributed by atoms with Gasteiger partial charge in [0.15, 0.2) is 0 Å². The van der Waals surface area contributed by atoms with E-state index in [-0.39, 0.29) is 11.8 Å². The highest BCUT2D eigenvalue weighted by Gasteiger charge is 2.22. The SMILES string of the molecule is O=C(C[C@H](c1cccc(Oc2ccc(Cl)cc2)c1)c1c[nH]c2ccccc12)NCc1ccccc1. The van der Waals surface area contributed by atoms with E-state index in [1.807, 2.05) is 91.1 Å². The van der Waals surface area contributed by atoms with Gasteiger partial charge in [-0.2, -0.15) is 0 Å². The third-order valence-electron chi connectivity index (χ3n) is 6.03. The molecular weight excluding hydrogens is 456 g/mol. The van der Waals surface area contributed by atoms with Crippen molar-refractivity contribution in [3.63, 3.8) is 0 Å². The molecule has 1 heterocycles. The van der Waals surface area contributed by atoms with Crippen molar-refractivity contribution in [3.8, 4) is 11.5 Å². The molecule has 1 atom stereocenters. The molecule has 0 spiro atoms.